The van der Waals surface area contributed by atoms with E-state index in [2.05, 4.69) is 0 Å². The fraction of sp³-hybridized carbons (Fsp3) is 0.600. The van der Waals surface area contributed by atoms with Gasteiger partial charge in [0.25, 0.3) is 11.4 Å². The second kappa shape index (κ2) is 14.0. The molecule has 1 aromatic carbocycles. The first-order valence-corrected chi connectivity index (χ1v) is 12.9. The first kappa shape index (κ1) is 32.1. The van der Waals surface area contributed by atoms with Gasteiger partial charge in [-0.15, -0.1) is 0 Å². The molecular weight excluding hydrogens is 566 g/mol. The Balaban J connectivity index is 1.83. The van der Waals surface area contributed by atoms with Gasteiger partial charge in [-0.25, -0.2) is 0 Å². The molecule has 2 fully saturated rings. The van der Waals surface area contributed by atoms with E-state index in [9.17, 15) is 39.4 Å². The van der Waals surface area contributed by atoms with E-state index in [1.807, 2.05) is 0 Å². The van der Waals surface area contributed by atoms with Crippen LogP contribution in [0.1, 0.15) is 40.5 Å². The number of esters is 4. The van der Waals surface area contributed by atoms with Crippen molar-refractivity contribution in [2.24, 2.45) is 0 Å². The standard InChI is InChI=1S/C25H31N3O14/c1-13(29)37-12-21-22(38-14(2)30)23(39-15(3)31)24(40-16(4)32)25(42-21)41-18-7-9-26(10-8-18)19-6-5-17(27(33)34)11-20(19)28(35)36/h5-6,11,18,21-25H,7-10,12H2,1-4H3/t21-,22-,23+,24-,25-/m1/s1. The van der Waals surface area contributed by atoms with Crippen LogP contribution in [0.25, 0.3) is 0 Å². The average Bonchev–Trinajstić information content (AvgIpc) is 2.90. The van der Waals surface area contributed by atoms with Gasteiger partial charge in [0.15, 0.2) is 24.6 Å². The molecule has 2 saturated heterocycles. The lowest BCUT2D eigenvalue weighted by atomic mass is 9.97. The minimum Gasteiger partial charge on any atom is -0.463 e. The number of carbonyl (C=O) groups excluding carboxylic acids is 4. The molecule has 2 aliphatic rings. The van der Waals surface area contributed by atoms with Crippen LogP contribution < -0.4 is 4.90 Å². The molecule has 0 spiro atoms. The average molecular weight is 598 g/mol. The van der Waals surface area contributed by atoms with E-state index in [1.165, 1.54) is 12.1 Å². The molecule has 2 heterocycles. The number of hydrogen-bond acceptors (Lipinski definition) is 15. The molecule has 1 aromatic rings. The Morgan fingerprint density at radius 2 is 1.43 bits per heavy atom. The van der Waals surface area contributed by atoms with E-state index in [1.54, 1.807) is 4.90 Å². The molecule has 0 bridgehead atoms. The molecule has 0 unspecified atom stereocenters. The van der Waals surface area contributed by atoms with Gasteiger partial charge in [-0.3, -0.25) is 39.4 Å². The van der Waals surface area contributed by atoms with Gasteiger partial charge in [0, 0.05) is 46.9 Å². The molecule has 3 rings (SSSR count). The molecule has 0 amide bonds. The quantitative estimate of drug-likeness (QED) is 0.162. The molecule has 42 heavy (non-hydrogen) atoms. The normalized spacial score (nSPS) is 24.3. The van der Waals surface area contributed by atoms with Gasteiger partial charge in [-0.05, 0) is 18.9 Å². The summed E-state index contributed by atoms with van der Waals surface area (Å²) < 4.78 is 33.3. The van der Waals surface area contributed by atoms with Gasteiger partial charge < -0.3 is 33.3 Å². The lowest BCUT2D eigenvalue weighted by Crippen LogP contribution is -2.63. The van der Waals surface area contributed by atoms with Gasteiger partial charge in [-0.1, -0.05) is 0 Å². The molecule has 0 aliphatic carbocycles. The molecule has 17 heteroatoms. The van der Waals surface area contributed by atoms with E-state index in [-0.39, 0.29) is 18.8 Å². The van der Waals surface area contributed by atoms with E-state index in [0.717, 1.165) is 33.8 Å². The maximum absolute atomic E-state index is 12.0. The second-order valence-corrected chi connectivity index (χ2v) is 9.58. The predicted octanol–water partition coefficient (Wildman–Crippen LogP) is 1.57. The summed E-state index contributed by atoms with van der Waals surface area (Å²) in [5, 5.41) is 22.7. The SMILES string of the molecule is CC(=O)OC[C@H]1O[C@@H](OC2CCN(c3ccc([N+](=O)[O-])cc3[N+](=O)[O-])CC2)[C@H](OC(C)=O)[C@@H](OC(C)=O)[C@@H]1OC(C)=O. The maximum atomic E-state index is 12.0. The van der Waals surface area contributed by atoms with Gasteiger partial charge in [0.1, 0.15) is 18.4 Å². The third-order valence-electron chi connectivity index (χ3n) is 6.42. The summed E-state index contributed by atoms with van der Waals surface area (Å²) in [6.45, 7) is 4.60. The minimum atomic E-state index is -1.38. The van der Waals surface area contributed by atoms with Gasteiger partial charge in [0.2, 0.25) is 0 Å². The molecule has 5 atom stereocenters. The summed E-state index contributed by atoms with van der Waals surface area (Å²) in [6.07, 6.45) is -6.52. The van der Waals surface area contributed by atoms with Crippen molar-refractivity contribution in [3.63, 3.8) is 0 Å². The maximum Gasteiger partial charge on any atom is 0.303 e. The molecule has 0 saturated carbocycles. The zero-order valence-corrected chi connectivity index (χ0v) is 23.3. The van der Waals surface area contributed by atoms with E-state index in [4.69, 9.17) is 28.4 Å². The van der Waals surface area contributed by atoms with E-state index >= 15 is 0 Å². The Morgan fingerprint density at radius 3 is 1.95 bits per heavy atom. The summed E-state index contributed by atoms with van der Waals surface area (Å²) in [4.78, 5) is 70.3. The highest BCUT2D eigenvalue weighted by Crippen LogP contribution is 2.35. The minimum absolute atomic E-state index is 0.205. The van der Waals surface area contributed by atoms with Crippen LogP contribution in [0.3, 0.4) is 0 Å². The van der Waals surface area contributed by atoms with Crippen LogP contribution in [-0.4, -0.2) is 90.2 Å². The summed E-state index contributed by atoms with van der Waals surface area (Å²) >= 11 is 0. The molecular formula is C25H31N3O14. The Morgan fingerprint density at radius 1 is 0.857 bits per heavy atom. The van der Waals surface area contributed by atoms with Crippen molar-refractivity contribution in [1.82, 2.24) is 0 Å². The van der Waals surface area contributed by atoms with Crippen molar-refractivity contribution in [2.75, 3.05) is 24.6 Å². The number of nitro groups is 2. The fourth-order valence-corrected chi connectivity index (χ4v) is 4.76. The van der Waals surface area contributed by atoms with Crippen molar-refractivity contribution in [3.05, 3.63) is 38.4 Å². The van der Waals surface area contributed by atoms with Crippen LogP contribution in [0.15, 0.2) is 18.2 Å². The fourth-order valence-electron chi connectivity index (χ4n) is 4.76. The Kier molecular flexibility index (Phi) is 10.7. The third kappa shape index (κ3) is 8.32. The van der Waals surface area contributed by atoms with E-state index in [0.29, 0.717) is 12.8 Å². The number of non-ortho nitro benzene ring substituents is 1. The molecule has 230 valence electrons. The molecule has 17 nitrogen and oxygen atoms in total. The Hall–Kier alpha value is -4.38. The second-order valence-electron chi connectivity index (χ2n) is 9.58. The first-order chi connectivity index (χ1) is 19.8. The highest BCUT2D eigenvalue weighted by atomic mass is 16.7. The summed E-state index contributed by atoms with van der Waals surface area (Å²) in [7, 11) is 0. The molecule has 0 N–H and O–H groups in total. The van der Waals surface area contributed by atoms with Crippen molar-refractivity contribution in [3.8, 4) is 0 Å². The zero-order chi connectivity index (χ0) is 31.1. The number of anilines is 1. The lowest BCUT2D eigenvalue weighted by molar-refractivity contribution is -0.393. The van der Waals surface area contributed by atoms with Crippen molar-refractivity contribution >= 4 is 40.9 Å². The predicted molar refractivity (Wildman–Crippen MR) is 138 cm³/mol. The summed E-state index contributed by atoms with van der Waals surface area (Å²) in [5.74, 6) is -2.97. The summed E-state index contributed by atoms with van der Waals surface area (Å²) in [6, 6.07) is 3.40. The number of rotatable bonds is 10. The number of nitro benzene ring substituents is 2. The number of nitrogens with zero attached hydrogens (tertiary/aromatic N) is 3. The lowest BCUT2D eigenvalue weighted by Gasteiger charge is -2.45. The zero-order valence-electron chi connectivity index (χ0n) is 23.3. The first-order valence-electron chi connectivity index (χ1n) is 12.9. The van der Waals surface area contributed by atoms with Crippen LogP contribution in [0.4, 0.5) is 17.1 Å². The molecule has 2 aliphatic heterocycles. The number of carbonyl (C=O) groups is 4. The highest BCUT2D eigenvalue weighted by molar-refractivity contribution is 5.69. The monoisotopic (exact) mass is 597 g/mol. The number of ether oxygens (including phenoxy) is 6. The molecule has 0 radical (unpaired) electrons. The third-order valence-corrected chi connectivity index (χ3v) is 6.42. The Bertz CT molecular complexity index is 1210. The number of hydrogen-bond donors (Lipinski definition) is 0. The van der Waals surface area contributed by atoms with Crippen LogP contribution in [0.2, 0.25) is 0 Å². The van der Waals surface area contributed by atoms with Crippen LogP contribution >= 0.6 is 0 Å². The number of benzene rings is 1. The summed E-state index contributed by atoms with van der Waals surface area (Å²) in [5.41, 5.74) is -0.619. The van der Waals surface area contributed by atoms with E-state index < -0.39 is 88.5 Å². The van der Waals surface area contributed by atoms with Crippen molar-refractivity contribution in [1.29, 1.82) is 0 Å². The van der Waals surface area contributed by atoms with Crippen LogP contribution in [-0.2, 0) is 47.6 Å². The molecule has 0 aromatic heterocycles. The largest absolute Gasteiger partial charge is 0.463 e. The van der Waals surface area contributed by atoms with Gasteiger partial charge >= 0.3 is 23.9 Å². The van der Waals surface area contributed by atoms with Crippen LogP contribution in [0, 0.1) is 20.2 Å². The van der Waals surface area contributed by atoms with Crippen LogP contribution in [0.5, 0.6) is 0 Å². The Labute approximate surface area is 239 Å². The number of piperidine rings is 1. The van der Waals surface area contributed by atoms with Crippen molar-refractivity contribution < 1.29 is 57.4 Å². The van der Waals surface area contributed by atoms with Crippen molar-refractivity contribution in [2.45, 2.75) is 77.3 Å². The van der Waals surface area contributed by atoms with Gasteiger partial charge in [0.05, 0.1) is 22.0 Å². The highest BCUT2D eigenvalue weighted by Gasteiger charge is 2.53. The smallest absolute Gasteiger partial charge is 0.303 e. The topological polar surface area (TPSA) is 213 Å². The van der Waals surface area contributed by atoms with Gasteiger partial charge in [-0.2, -0.15) is 0 Å².